The average molecular weight is 430 g/mol. The van der Waals surface area contributed by atoms with Crippen LogP contribution in [0, 0.1) is 11.6 Å². The molecule has 4 N–H and O–H groups in total. The molecule has 0 atom stereocenters. The number of hydrogen-bond donors (Lipinski definition) is 2. The largest absolute Gasteiger partial charge is 0.381 e. The van der Waals surface area contributed by atoms with Gasteiger partial charge < -0.3 is 11.5 Å². The summed E-state index contributed by atoms with van der Waals surface area (Å²) in [5.41, 5.74) is 14.0. The van der Waals surface area contributed by atoms with Crippen molar-refractivity contribution in [1.29, 1.82) is 0 Å². The van der Waals surface area contributed by atoms with Crippen molar-refractivity contribution in [2.24, 2.45) is 5.73 Å². The van der Waals surface area contributed by atoms with Crippen LogP contribution in [0.2, 0.25) is 0 Å². The lowest BCUT2D eigenvalue weighted by Gasteiger charge is -2.14. The summed E-state index contributed by atoms with van der Waals surface area (Å²) in [5.74, 6) is -1.46. The highest BCUT2D eigenvalue weighted by molar-refractivity contribution is 5.89. The molecule has 32 heavy (non-hydrogen) atoms. The van der Waals surface area contributed by atoms with Gasteiger partial charge in [-0.05, 0) is 30.3 Å². The lowest BCUT2D eigenvalue weighted by Crippen LogP contribution is -2.13. The van der Waals surface area contributed by atoms with Crippen LogP contribution in [0.3, 0.4) is 0 Å². The summed E-state index contributed by atoms with van der Waals surface area (Å²) in [6.07, 6.45) is 3.01. The predicted octanol–water partition coefficient (Wildman–Crippen LogP) is 3.50. The molecule has 1 amide bonds. The minimum Gasteiger partial charge on any atom is -0.381 e. The van der Waals surface area contributed by atoms with E-state index in [1.807, 2.05) is 0 Å². The van der Waals surface area contributed by atoms with E-state index >= 15 is 0 Å². The summed E-state index contributed by atoms with van der Waals surface area (Å²) in [7, 11) is 0. The normalized spacial score (nSPS) is 11.3. The predicted molar refractivity (Wildman–Crippen MR) is 116 cm³/mol. The maximum Gasteiger partial charge on any atom is 0.223 e. The number of fused-ring (bicyclic) bond motifs is 2. The van der Waals surface area contributed by atoms with Crippen molar-refractivity contribution < 1.29 is 13.6 Å². The number of primary amides is 1. The van der Waals surface area contributed by atoms with Crippen LogP contribution < -0.4 is 11.5 Å². The second-order valence-electron chi connectivity index (χ2n) is 7.31. The Morgan fingerprint density at radius 2 is 1.88 bits per heavy atom. The number of nitrogens with zero attached hydrogens (tertiary/aromatic N) is 4. The van der Waals surface area contributed by atoms with Crippen molar-refractivity contribution in [2.45, 2.75) is 6.42 Å². The molecule has 3 heterocycles. The molecule has 0 bridgehead atoms. The van der Waals surface area contributed by atoms with Gasteiger partial charge in [0.15, 0.2) is 11.5 Å². The Labute approximate surface area is 180 Å². The molecule has 0 aliphatic carbocycles. The number of pyridine rings is 1. The van der Waals surface area contributed by atoms with E-state index in [-0.39, 0.29) is 23.4 Å². The first-order chi connectivity index (χ1) is 15.4. The highest BCUT2D eigenvalue weighted by Crippen LogP contribution is 2.35. The molecule has 7 nitrogen and oxygen atoms in total. The van der Waals surface area contributed by atoms with E-state index in [2.05, 4.69) is 15.0 Å². The molecule has 3 aromatic heterocycles. The molecule has 0 saturated carbocycles. The second kappa shape index (κ2) is 7.38. The summed E-state index contributed by atoms with van der Waals surface area (Å²) in [6, 6.07) is 12.4. The number of amides is 1. The van der Waals surface area contributed by atoms with Gasteiger partial charge in [-0.3, -0.25) is 14.2 Å². The van der Waals surface area contributed by atoms with E-state index in [9.17, 15) is 13.6 Å². The molecule has 5 rings (SSSR count). The van der Waals surface area contributed by atoms with Gasteiger partial charge in [0.05, 0.1) is 23.5 Å². The minimum absolute atomic E-state index is 0.0756. The Morgan fingerprint density at radius 3 is 2.66 bits per heavy atom. The Balaban J connectivity index is 1.88. The molecule has 0 aliphatic rings. The van der Waals surface area contributed by atoms with Gasteiger partial charge in [-0.25, -0.2) is 18.7 Å². The summed E-state index contributed by atoms with van der Waals surface area (Å²) in [6.45, 7) is 0. The zero-order chi connectivity index (χ0) is 22.4. The molecule has 9 heteroatoms. The van der Waals surface area contributed by atoms with Crippen LogP contribution in [0.15, 0.2) is 60.9 Å². The zero-order valence-electron chi connectivity index (χ0n) is 16.6. The maximum absolute atomic E-state index is 14.9. The van der Waals surface area contributed by atoms with Crippen LogP contribution in [-0.2, 0) is 11.2 Å². The first-order valence-corrected chi connectivity index (χ1v) is 9.67. The average Bonchev–Trinajstić information content (AvgIpc) is 3.17. The molecule has 0 unspecified atom stereocenters. The number of nitrogen functional groups attached to an aromatic ring is 1. The van der Waals surface area contributed by atoms with Gasteiger partial charge in [0, 0.05) is 28.9 Å². The van der Waals surface area contributed by atoms with Crippen molar-refractivity contribution in [3.05, 3.63) is 78.3 Å². The second-order valence-corrected chi connectivity index (χ2v) is 7.31. The smallest absolute Gasteiger partial charge is 0.223 e. The van der Waals surface area contributed by atoms with Crippen molar-refractivity contribution in [2.75, 3.05) is 5.73 Å². The molecule has 0 radical (unpaired) electrons. The van der Waals surface area contributed by atoms with Crippen LogP contribution >= 0.6 is 0 Å². The SMILES string of the molecule is NC(=O)Cc1cn2c(-c3cc(F)c4ncccc4c3)c(-c3cccc(F)c3)nc(N)c2n1. The molecule has 0 fully saturated rings. The monoisotopic (exact) mass is 430 g/mol. The van der Waals surface area contributed by atoms with Gasteiger partial charge in [0.1, 0.15) is 17.2 Å². The fraction of sp³-hybridized carbons (Fsp3) is 0.0435. The lowest BCUT2D eigenvalue weighted by atomic mass is 10.0. The summed E-state index contributed by atoms with van der Waals surface area (Å²) < 4.78 is 30.6. The van der Waals surface area contributed by atoms with Crippen LogP contribution in [0.25, 0.3) is 39.1 Å². The first kappa shape index (κ1) is 19.6. The lowest BCUT2D eigenvalue weighted by molar-refractivity contribution is -0.117. The Morgan fingerprint density at radius 1 is 1.03 bits per heavy atom. The van der Waals surface area contributed by atoms with E-state index in [4.69, 9.17) is 11.5 Å². The van der Waals surface area contributed by atoms with Crippen molar-refractivity contribution in [1.82, 2.24) is 19.4 Å². The molecule has 158 valence electrons. The number of carbonyl (C=O) groups is 1. The third-order valence-corrected chi connectivity index (χ3v) is 5.07. The van der Waals surface area contributed by atoms with E-state index in [1.54, 1.807) is 40.9 Å². The number of nitrogens with two attached hydrogens (primary N) is 2. The number of benzene rings is 2. The topological polar surface area (TPSA) is 112 Å². The summed E-state index contributed by atoms with van der Waals surface area (Å²) >= 11 is 0. The van der Waals surface area contributed by atoms with E-state index in [1.165, 1.54) is 24.4 Å². The third-order valence-electron chi connectivity index (χ3n) is 5.07. The van der Waals surface area contributed by atoms with Gasteiger partial charge in [-0.15, -0.1) is 0 Å². The van der Waals surface area contributed by atoms with Gasteiger partial charge in [-0.1, -0.05) is 18.2 Å². The van der Waals surface area contributed by atoms with E-state index in [0.717, 1.165) is 0 Å². The zero-order valence-corrected chi connectivity index (χ0v) is 16.6. The quantitative estimate of drug-likeness (QED) is 0.453. The molecule has 0 spiro atoms. The highest BCUT2D eigenvalue weighted by Gasteiger charge is 2.20. The molecule has 0 saturated heterocycles. The number of hydrogen-bond acceptors (Lipinski definition) is 5. The standard InChI is InChI=1S/C23H16F2N6O/c24-15-5-1-3-13(8-15)20-21(14-7-12-4-2-6-28-19(12)17(25)9-14)31-11-16(10-18(26)32)29-23(31)22(27)30-20/h1-9,11H,10H2,(H2,26,32)(H2,27,30). The van der Waals surface area contributed by atoms with Gasteiger partial charge in [0.25, 0.3) is 0 Å². The molecular weight excluding hydrogens is 414 g/mol. The number of rotatable bonds is 4. The first-order valence-electron chi connectivity index (χ1n) is 9.67. The van der Waals surface area contributed by atoms with Gasteiger partial charge in [0.2, 0.25) is 5.91 Å². The molecule has 5 aromatic rings. The van der Waals surface area contributed by atoms with E-state index < -0.39 is 17.5 Å². The number of anilines is 1. The number of imidazole rings is 1. The molecule has 2 aromatic carbocycles. The summed E-state index contributed by atoms with van der Waals surface area (Å²) in [5, 5.41) is 0.579. The third kappa shape index (κ3) is 3.29. The van der Waals surface area contributed by atoms with E-state index in [0.29, 0.717) is 33.6 Å². The number of halogens is 2. The number of aromatic nitrogens is 4. The minimum atomic E-state index is -0.560. The van der Waals surface area contributed by atoms with Crippen LogP contribution in [0.5, 0.6) is 0 Å². The van der Waals surface area contributed by atoms with Gasteiger partial charge >= 0.3 is 0 Å². The van der Waals surface area contributed by atoms with Crippen LogP contribution in [-0.4, -0.2) is 25.3 Å². The Bertz CT molecular complexity index is 1530. The van der Waals surface area contributed by atoms with Crippen molar-refractivity contribution in [3.8, 4) is 22.5 Å². The molecule has 0 aliphatic heterocycles. The highest BCUT2D eigenvalue weighted by atomic mass is 19.1. The van der Waals surface area contributed by atoms with Crippen molar-refractivity contribution in [3.63, 3.8) is 0 Å². The van der Waals surface area contributed by atoms with Crippen molar-refractivity contribution >= 4 is 28.3 Å². The molecular formula is C23H16F2N6O. The Hall–Kier alpha value is -4.40. The van der Waals surface area contributed by atoms with Crippen LogP contribution in [0.1, 0.15) is 5.69 Å². The fourth-order valence-corrected chi connectivity index (χ4v) is 3.78. The van der Waals surface area contributed by atoms with Crippen LogP contribution in [0.4, 0.5) is 14.6 Å². The fourth-order valence-electron chi connectivity index (χ4n) is 3.78. The summed E-state index contributed by atoms with van der Waals surface area (Å²) in [4.78, 5) is 24.4. The number of carbonyl (C=O) groups excluding carboxylic acids is 1. The maximum atomic E-state index is 14.9. The van der Waals surface area contributed by atoms with Gasteiger partial charge in [-0.2, -0.15) is 0 Å². The Kier molecular flexibility index (Phi) is 4.51.